The van der Waals surface area contributed by atoms with Crippen molar-refractivity contribution in [2.24, 2.45) is 29.6 Å². The number of aromatic nitrogens is 1. The molecule has 7 atom stereocenters. The number of benzene rings is 1. The number of phenolic OH excluding ortho intramolecular Hbond substituents is 1. The fraction of sp³-hybridized carbons (Fsp3) is 0.455. The molecular formula is C22H20N2O6S2. The molecule has 0 spiro atoms. The monoisotopic (exact) mass is 472 g/mol. The third kappa shape index (κ3) is 2.56. The number of para-hydroxylation sites is 1. The summed E-state index contributed by atoms with van der Waals surface area (Å²) >= 11 is 2.74. The average molecular weight is 473 g/mol. The van der Waals surface area contributed by atoms with Crippen molar-refractivity contribution in [3.05, 3.63) is 44.4 Å². The van der Waals surface area contributed by atoms with Gasteiger partial charge in [0, 0.05) is 21.6 Å². The second kappa shape index (κ2) is 6.95. The summed E-state index contributed by atoms with van der Waals surface area (Å²) < 4.78 is 4.68. The average Bonchev–Trinajstić information content (AvgIpc) is 3.50. The Morgan fingerprint density at radius 2 is 1.91 bits per heavy atom. The number of carbonyl (C=O) groups is 3. The molecule has 1 aromatic heterocycles. The van der Waals surface area contributed by atoms with Crippen molar-refractivity contribution >= 4 is 40.9 Å². The number of phenols is 1. The van der Waals surface area contributed by atoms with Crippen molar-refractivity contribution in [3.63, 3.8) is 0 Å². The number of rotatable bonds is 3. The SMILES string of the molecule is COC(=O)CN1C(=O)C2C3CC(C2C1=O)C1C(c2ccccc2O)c2sc(=O)[nH]c2SC31. The van der Waals surface area contributed by atoms with Gasteiger partial charge in [-0.15, -0.1) is 11.8 Å². The van der Waals surface area contributed by atoms with E-state index in [-0.39, 0.29) is 57.9 Å². The molecule has 2 saturated carbocycles. The topological polar surface area (TPSA) is 117 Å². The number of amides is 2. The maximum absolute atomic E-state index is 13.3. The van der Waals surface area contributed by atoms with Crippen LogP contribution in [0.25, 0.3) is 0 Å². The first-order valence-electron chi connectivity index (χ1n) is 10.5. The van der Waals surface area contributed by atoms with Crippen molar-refractivity contribution in [2.45, 2.75) is 22.6 Å². The quantitative estimate of drug-likeness (QED) is 0.517. The highest BCUT2D eigenvalue weighted by atomic mass is 32.2. The van der Waals surface area contributed by atoms with Gasteiger partial charge in [0.25, 0.3) is 0 Å². The van der Waals surface area contributed by atoms with E-state index >= 15 is 0 Å². The molecule has 4 aliphatic rings. The molecule has 10 heteroatoms. The maximum Gasteiger partial charge on any atom is 0.325 e. The molecule has 32 heavy (non-hydrogen) atoms. The lowest BCUT2D eigenvalue weighted by Gasteiger charge is -2.43. The molecular weight excluding hydrogens is 452 g/mol. The van der Waals surface area contributed by atoms with Crippen LogP contribution >= 0.6 is 23.1 Å². The van der Waals surface area contributed by atoms with Gasteiger partial charge in [0.05, 0.1) is 24.0 Å². The first-order valence-corrected chi connectivity index (χ1v) is 12.2. The molecule has 8 nitrogen and oxygen atoms in total. The smallest absolute Gasteiger partial charge is 0.325 e. The summed E-state index contributed by atoms with van der Waals surface area (Å²) in [6.45, 7) is -0.355. The van der Waals surface area contributed by atoms with E-state index in [9.17, 15) is 24.3 Å². The molecule has 2 aliphatic heterocycles. The highest BCUT2D eigenvalue weighted by Crippen LogP contribution is 2.68. The van der Waals surface area contributed by atoms with E-state index in [2.05, 4.69) is 9.72 Å². The Balaban J connectivity index is 1.44. The van der Waals surface area contributed by atoms with Crippen molar-refractivity contribution in [1.29, 1.82) is 0 Å². The Labute approximate surface area is 191 Å². The van der Waals surface area contributed by atoms with E-state index in [1.807, 2.05) is 12.1 Å². The summed E-state index contributed by atoms with van der Waals surface area (Å²) in [5.74, 6) is -2.25. The van der Waals surface area contributed by atoms with Gasteiger partial charge in [-0.2, -0.15) is 0 Å². The Kier molecular flexibility index (Phi) is 4.36. The van der Waals surface area contributed by atoms with Crippen LogP contribution in [0, 0.1) is 29.6 Å². The molecule has 1 aromatic carbocycles. The first kappa shape index (κ1) is 20.0. The molecule has 0 radical (unpaired) electrons. The molecule has 7 unspecified atom stereocenters. The van der Waals surface area contributed by atoms with Gasteiger partial charge in [-0.25, -0.2) is 0 Å². The van der Waals surface area contributed by atoms with Crippen LogP contribution in [-0.2, 0) is 19.1 Å². The summed E-state index contributed by atoms with van der Waals surface area (Å²) in [6, 6.07) is 7.13. The van der Waals surface area contributed by atoms with Crippen molar-refractivity contribution in [1.82, 2.24) is 9.88 Å². The molecule has 2 aromatic rings. The van der Waals surface area contributed by atoms with Gasteiger partial charge in [0.1, 0.15) is 12.3 Å². The van der Waals surface area contributed by atoms with Crippen LogP contribution in [0.3, 0.4) is 0 Å². The second-order valence-corrected chi connectivity index (χ2v) is 11.1. The summed E-state index contributed by atoms with van der Waals surface area (Å²) in [7, 11) is 1.24. The lowest BCUT2D eigenvalue weighted by molar-refractivity contribution is -0.151. The van der Waals surface area contributed by atoms with Crippen LogP contribution in [0.15, 0.2) is 34.1 Å². The van der Waals surface area contributed by atoms with Crippen molar-refractivity contribution in [3.8, 4) is 5.75 Å². The Bertz CT molecular complexity index is 1220. The van der Waals surface area contributed by atoms with Crippen LogP contribution in [0.2, 0.25) is 0 Å². The number of thioether (sulfide) groups is 1. The minimum atomic E-state index is -0.613. The number of carbonyl (C=O) groups excluding carboxylic acids is 3. The number of imide groups is 1. The molecule has 2 amide bonds. The zero-order chi connectivity index (χ0) is 22.3. The van der Waals surface area contributed by atoms with Gasteiger partial charge in [0.15, 0.2) is 0 Å². The zero-order valence-corrected chi connectivity index (χ0v) is 18.7. The molecule has 2 bridgehead atoms. The Morgan fingerprint density at radius 3 is 2.62 bits per heavy atom. The molecule has 3 heterocycles. The molecule has 3 fully saturated rings. The highest BCUT2D eigenvalue weighted by molar-refractivity contribution is 8.00. The van der Waals surface area contributed by atoms with E-state index in [1.54, 1.807) is 23.9 Å². The lowest BCUT2D eigenvalue weighted by Crippen LogP contribution is -2.42. The summed E-state index contributed by atoms with van der Waals surface area (Å²) in [6.07, 6.45) is 0.754. The van der Waals surface area contributed by atoms with E-state index in [0.29, 0.717) is 0 Å². The van der Waals surface area contributed by atoms with Crippen LogP contribution in [0.4, 0.5) is 0 Å². The fourth-order valence-electron chi connectivity index (χ4n) is 6.53. The maximum atomic E-state index is 13.3. The van der Waals surface area contributed by atoms with Crippen LogP contribution in [0.5, 0.6) is 5.75 Å². The van der Waals surface area contributed by atoms with E-state index in [4.69, 9.17) is 0 Å². The normalized spacial score (nSPS) is 34.4. The van der Waals surface area contributed by atoms with E-state index < -0.39 is 17.8 Å². The first-order chi connectivity index (χ1) is 15.4. The number of esters is 1. The number of thiazole rings is 1. The van der Waals surface area contributed by atoms with Gasteiger partial charge in [0.2, 0.25) is 11.8 Å². The number of aromatic amines is 1. The number of fused-ring (bicyclic) bond motifs is 9. The largest absolute Gasteiger partial charge is 0.508 e. The number of H-pyrrole nitrogens is 1. The lowest BCUT2D eigenvalue weighted by atomic mass is 9.68. The molecule has 2 N–H and O–H groups in total. The summed E-state index contributed by atoms with van der Waals surface area (Å²) in [5, 5.41) is 11.5. The summed E-state index contributed by atoms with van der Waals surface area (Å²) in [4.78, 5) is 55.2. The molecule has 2 aliphatic carbocycles. The highest BCUT2D eigenvalue weighted by Gasteiger charge is 2.69. The molecule has 166 valence electrons. The van der Waals surface area contributed by atoms with Crippen LogP contribution < -0.4 is 4.87 Å². The van der Waals surface area contributed by atoms with Gasteiger partial charge >= 0.3 is 10.8 Å². The number of nitrogens with zero attached hydrogens (tertiary/aromatic N) is 1. The molecule has 6 rings (SSSR count). The predicted octanol–water partition coefficient (Wildman–Crippen LogP) is 1.79. The van der Waals surface area contributed by atoms with Crippen LogP contribution in [0.1, 0.15) is 22.8 Å². The minimum absolute atomic E-state index is 0.00771. The van der Waals surface area contributed by atoms with E-state index in [1.165, 1.54) is 7.11 Å². The number of nitrogens with one attached hydrogen (secondary N) is 1. The third-order valence-corrected chi connectivity index (χ3v) is 10.2. The predicted molar refractivity (Wildman–Crippen MR) is 115 cm³/mol. The second-order valence-electron chi connectivity index (χ2n) is 8.86. The third-order valence-electron chi connectivity index (χ3n) is 7.60. The number of ether oxygens (including phenoxy) is 1. The number of hydrogen-bond acceptors (Lipinski definition) is 8. The van der Waals surface area contributed by atoms with Gasteiger partial charge in [-0.05, 0) is 30.2 Å². The zero-order valence-electron chi connectivity index (χ0n) is 17.0. The Hall–Kier alpha value is -2.59. The van der Waals surface area contributed by atoms with Gasteiger partial charge in [-0.1, -0.05) is 29.5 Å². The van der Waals surface area contributed by atoms with Crippen LogP contribution in [-0.4, -0.2) is 51.7 Å². The van der Waals surface area contributed by atoms with Gasteiger partial charge in [-0.3, -0.25) is 24.1 Å². The summed E-state index contributed by atoms with van der Waals surface area (Å²) in [5.41, 5.74) is 0.742. The molecule has 1 saturated heterocycles. The number of methoxy groups -OCH3 is 1. The van der Waals surface area contributed by atoms with E-state index in [0.717, 1.165) is 38.1 Å². The van der Waals surface area contributed by atoms with Crippen molar-refractivity contribution in [2.75, 3.05) is 13.7 Å². The fourth-order valence-corrected chi connectivity index (χ4v) is 9.41. The number of hydrogen-bond donors (Lipinski definition) is 2. The number of likely N-dealkylation sites (tertiary alicyclic amines) is 1. The van der Waals surface area contributed by atoms with Gasteiger partial charge < -0.3 is 14.8 Å². The standard InChI is InChI=1S/C22H20N2O6S2/c1-30-12(26)7-24-20(27)15-9-6-10(16(15)21(24)28)17-14(9)13(8-4-2-3-5-11(8)25)18-19(31-17)23-22(29)32-18/h2-5,9-10,13-17,25H,6-7H2,1H3,(H,23,29). The Morgan fingerprint density at radius 1 is 1.19 bits per heavy atom. The minimum Gasteiger partial charge on any atom is -0.508 e. The van der Waals surface area contributed by atoms with Crippen molar-refractivity contribution < 1.29 is 24.2 Å². The number of aromatic hydroxyl groups is 1.